The maximum Gasteiger partial charge on any atom is 0.345 e. The van der Waals surface area contributed by atoms with Crippen LogP contribution in [0, 0.1) is 10.7 Å². The van der Waals surface area contributed by atoms with Crippen molar-refractivity contribution < 1.29 is 19.1 Å². The van der Waals surface area contributed by atoms with Crippen molar-refractivity contribution >= 4 is 79.7 Å². The van der Waals surface area contributed by atoms with Crippen LogP contribution in [0.3, 0.4) is 0 Å². The summed E-state index contributed by atoms with van der Waals surface area (Å²) in [5.74, 6) is -0.611. The van der Waals surface area contributed by atoms with E-state index in [2.05, 4.69) is 22.6 Å². The molecule has 1 aliphatic heterocycles. The minimum Gasteiger partial charge on any atom is -0.419 e. The first-order chi connectivity index (χ1) is 9.99. The summed E-state index contributed by atoms with van der Waals surface area (Å²) in [4.78, 5) is 24.9. The van der Waals surface area contributed by atoms with Gasteiger partial charge in [-0.05, 0) is 86.0 Å². The number of halogens is 3. The van der Waals surface area contributed by atoms with Gasteiger partial charge in [-0.25, -0.2) is 9.59 Å². The summed E-state index contributed by atoms with van der Waals surface area (Å²) >= 11 is 6.19. The first-order valence-electron chi connectivity index (χ1n) is 5.70. The molecule has 0 fully saturated rings. The lowest BCUT2D eigenvalue weighted by Gasteiger charge is -2.18. The van der Waals surface area contributed by atoms with Crippen molar-refractivity contribution in [3.05, 3.63) is 52.2 Å². The SMILES string of the molecule is O=C1Oc2ccccc2OC(=O)c2c(I)c(I)cc(I)c21. The molecule has 0 aliphatic carbocycles. The number of esters is 2. The summed E-state index contributed by atoms with van der Waals surface area (Å²) in [5, 5.41) is 0. The van der Waals surface area contributed by atoms with Gasteiger partial charge in [0.2, 0.25) is 0 Å². The molecule has 0 amide bonds. The second kappa shape index (κ2) is 5.99. The van der Waals surface area contributed by atoms with Gasteiger partial charge in [0.25, 0.3) is 0 Å². The van der Waals surface area contributed by atoms with Gasteiger partial charge in [-0.1, -0.05) is 12.1 Å². The molecule has 0 saturated carbocycles. The number of hydrogen-bond donors (Lipinski definition) is 0. The Morgan fingerprint density at radius 3 is 1.86 bits per heavy atom. The Morgan fingerprint density at radius 2 is 1.29 bits per heavy atom. The highest BCUT2D eigenvalue weighted by Crippen LogP contribution is 2.35. The number of ether oxygens (including phenoxy) is 2. The van der Waals surface area contributed by atoms with Crippen molar-refractivity contribution in [1.29, 1.82) is 0 Å². The van der Waals surface area contributed by atoms with Crippen molar-refractivity contribution in [2.45, 2.75) is 0 Å². The predicted octanol–water partition coefficient (Wildman–Crippen LogP) is 4.25. The summed E-state index contributed by atoms with van der Waals surface area (Å²) in [6.07, 6.45) is 0. The molecule has 7 heteroatoms. The number of carbonyl (C=O) groups is 2. The Balaban J connectivity index is 2.26. The molecule has 0 bridgehead atoms. The van der Waals surface area contributed by atoms with Gasteiger partial charge in [-0.15, -0.1) is 0 Å². The number of fused-ring (bicyclic) bond motifs is 2. The normalized spacial score (nSPS) is 13.5. The van der Waals surface area contributed by atoms with Crippen molar-refractivity contribution in [1.82, 2.24) is 0 Å². The standard InChI is InChI=1S/C14H5I3O4/c15-6-5-7(16)12(17)11-10(6)13(18)20-8-3-1-2-4-9(8)21-14(11)19/h1-5H. The molecule has 21 heavy (non-hydrogen) atoms. The van der Waals surface area contributed by atoms with Gasteiger partial charge in [0, 0.05) is 10.7 Å². The minimum atomic E-state index is -0.548. The second-order valence-corrected chi connectivity index (χ2v) is 7.53. The summed E-state index contributed by atoms with van der Waals surface area (Å²) < 4.78 is 13.0. The summed E-state index contributed by atoms with van der Waals surface area (Å²) in [6, 6.07) is 8.45. The highest BCUT2D eigenvalue weighted by molar-refractivity contribution is 14.1. The van der Waals surface area contributed by atoms with Crippen LogP contribution >= 0.6 is 67.8 Å². The molecule has 1 aliphatic rings. The second-order valence-electron chi connectivity index (χ2n) is 4.13. The minimum absolute atomic E-state index is 0.242. The lowest BCUT2D eigenvalue weighted by Crippen LogP contribution is -2.24. The van der Waals surface area contributed by atoms with Crippen molar-refractivity contribution in [2.24, 2.45) is 0 Å². The Hall–Kier alpha value is -0.430. The fourth-order valence-corrected chi connectivity index (χ4v) is 4.53. The van der Waals surface area contributed by atoms with E-state index in [0.29, 0.717) is 7.14 Å². The quantitative estimate of drug-likeness (QED) is 0.192. The van der Waals surface area contributed by atoms with Crippen LogP contribution in [-0.2, 0) is 0 Å². The van der Waals surface area contributed by atoms with E-state index in [0.717, 1.165) is 3.57 Å². The molecule has 0 N–H and O–H groups in total. The van der Waals surface area contributed by atoms with E-state index in [-0.39, 0.29) is 22.6 Å². The average Bonchev–Trinajstić information content (AvgIpc) is 2.42. The third-order valence-electron chi connectivity index (χ3n) is 2.83. The van der Waals surface area contributed by atoms with E-state index in [4.69, 9.17) is 9.47 Å². The van der Waals surface area contributed by atoms with Gasteiger partial charge in [-0.2, -0.15) is 0 Å². The van der Waals surface area contributed by atoms with E-state index in [1.165, 1.54) is 0 Å². The molecule has 4 nitrogen and oxygen atoms in total. The van der Waals surface area contributed by atoms with E-state index in [9.17, 15) is 9.59 Å². The van der Waals surface area contributed by atoms with E-state index < -0.39 is 11.9 Å². The fraction of sp³-hybridized carbons (Fsp3) is 0. The van der Waals surface area contributed by atoms with Crippen molar-refractivity contribution in [2.75, 3.05) is 0 Å². The van der Waals surface area contributed by atoms with E-state index in [1.807, 2.05) is 51.2 Å². The average molecular weight is 618 g/mol. The monoisotopic (exact) mass is 618 g/mol. The number of carbonyl (C=O) groups excluding carboxylic acids is 2. The molecule has 3 rings (SSSR count). The first-order valence-corrected chi connectivity index (χ1v) is 8.93. The van der Waals surface area contributed by atoms with Crippen molar-refractivity contribution in [3.63, 3.8) is 0 Å². The largest absolute Gasteiger partial charge is 0.419 e. The van der Waals surface area contributed by atoms with E-state index >= 15 is 0 Å². The predicted molar refractivity (Wildman–Crippen MR) is 101 cm³/mol. The number of para-hydroxylation sites is 2. The summed E-state index contributed by atoms with van der Waals surface area (Å²) in [7, 11) is 0. The van der Waals surface area contributed by atoms with Crippen LogP contribution in [0.25, 0.3) is 0 Å². The molecule has 2 aromatic rings. The van der Waals surface area contributed by atoms with Gasteiger partial charge < -0.3 is 9.47 Å². The third-order valence-corrected chi connectivity index (χ3v) is 6.69. The smallest absolute Gasteiger partial charge is 0.345 e. The van der Waals surface area contributed by atoms with Gasteiger partial charge in [0.05, 0.1) is 11.1 Å². The summed E-state index contributed by atoms with van der Waals surface area (Å²) in [6.45, 7) is 0. The van der Waals surface area contributed by atoms with E-state index in [1.54, 1.807) is 24.3 Å². The van der Waals surface area contributed by atoms with Crippen LogP contribution in [-0.4, -0.2) is 11.9 Å². The van der Waals surface area contributed by atoms with Crippen LogP contribution in [0.4, 0.5) is 0 Å². The maximum atomic E-state index is 12.5. The van der Waals surface area contributed by atoms with Gasteiger partial charge in [0.1, 0.15) is 0 Å². The molecule has 0 saturated heterocycles. The fourth-order valence-electron chi connectivity index (χ4n) is 1.91. The molecular formula is C14H5I3O4. The first kappa shape index (κ1) is 15.5. The highest BCUT2D eigenvalue weighted by Gasteiger charge is 2.31. The Morgan fingerprint density at radius 1 is 0.762 bits per heavy atom. The molecule has 1 heterocycles. The Kier molecular flexibility index (Phi) is 4.41. The molecular weight excluding hydrogens is 613 g/mol. The Bertz CT molecular complexity index is 786. The third kappa shape index (κ3) is 2.79. The molecule has 0 aromatic heterocycles. The van der Waals surface area contributed by atoms with Gasteiger partial charge in [-0.3, -0.25) is 0 Å². The number of hydrogen-bond acceptors (Lipinski definition) is 4. The number of benzene rings is 2. The Labute approximate surface area is 161 Å². The van der Waals surface area contributed by atoms with Gasteiger partial charge >= 0.3 is 11.9 Å². The molecule has 0 spiro atoms. The topological polar surface area (TPSA) is 52.6 Å². The van der Waals surface area contributed by atoms with Crippen molar-refractivity contribution in [3.8, 4) is 11.5 Å². The molecule has 0 radical (unpaired) electrons. The van der Waals surface area contributed by atoms with Crippen LogP contribution < -0.4 is 9.47 Å². The van der Waals surface area contributed by atoms with Crippen LogP contribution in [0.15, 0.2) is 30.3 Å². The van der Waals surface area contributed by atoms with Crippen LogP contribution in [0.5, 0.6) is 11.5 Å². The number of rotatable bonds is 0. The lowest BCUT2D eigenvalue weighted by molar-refractivity contribution is 0.0646. The van der Waals surface area contributed by atoms with Crippen LogP contribution in [0.1, 0.15) is 20.7 Å². The summed E-state index contributed by atoms with van der Waals surface area (Å²) in [5.41, 5.74) is 0.506. The highest BCUT2D eigenvalue weighted by atomic mass is 127. The molecule has 0 unspecified atom stereocenters. The zero-order valence-corrected chi connectivity index (χ0v) is 16.6. The molecule has 106 valence electrons. The maximum absolute atomic E-state index is 12.5. The molecule has 2 aromatic carbocycles. The zero-order valence-electron chi connectivity index (χ0n) is 10.2. The van der Waals surface area contributed by atoms with Gasteiger partial charge in [0.15, 0.2) is 11.5 Å². The zero-order chi connectivity index (χ0) is 15.1. The van der Waals surface area contributed by atoms with Crippen LogP contribution in [0.2, 0.25) is 0 Å². The molecule has 0 atom stereocenters. The lowest BCUT2D eigenvalue weighted by atomic mass is 10.1.